The zero-order valence-electron chi connectivity index (χ0n) is 18.4. The van der Waals surface area contributed by atoms with E-state index in [1.165, 1.54) is 12.1 Å². The Labute approximate surface area is 190 Å². The molecule has 1 aliphatic rings. The minimum Gasteiger partial charge on any atom is -0.382 e. The minimum atomic E-state index is -2.87. The van der Waals surface area contributed by atoms with E-state index in [1.54, 1.807) is 12.1 Å². The first-order valence-corrected chi connectivity index (χ1v) is 11.3. The highest BCUT2D eigenvalue weighted by Gasteiger charge is 2.30. The average Bonchev–Trinajstić information content (AvgIpc) is 3.17. The lowest BCUT2D eigenvalue weighted by molar-refractivity contribution is -0.00577. The number of rotatable bonds is 7. The number of aliphatic hydroxyl groups is 1. The highest BCUT2D eigenvalue weighted by Crippen LogP contribution is 2.37. The fourth-order valence-electron chi connectivity index (χ4n) is 4.56. The summed E-state index contributed by atoms with van der Waals surface area (Å²) in [6, 6.07) is 10.2. The molecule has 2 heterocycles. The Morgan fingerprint density at radius 2 is 2.03 bits per heavy atom. The summed E-state index contributed by atoms with van der Waals surface area (Å²) in [6.07, 6.45) is 0.468. The zero-order chi connectivity index (χ0) is 23.5. The first kappa shape index (κ1) is 22.9. The molecule has 0 bridgehead atoms. The van der Waals surface area contributed by atoms with Gasteiger partial charge in [0.05, 0.1) is 23.5 Å². The van der Waals surface area contributed by atoms with Crippen molar-refractivity contribution in [3.05, 3.63) is 51.9 Å². The second kappa shape index (κ2) is 9.71. The van der Waals surface area contributed by atoms with Crippen LogP contribution in [0.3, 0.4) is 0 Å². The number of hydrogen-bond donors (Lipinski definition) is 3. The van der Waals surface area contributed by atoms with Crippen LogP contribution in [0.15, 0.2) is 35.1 Å². The molecule has 1 saturated carbocycles. The van der Waals surface area contributed by atoms with Crippen LogP contribution in [0.1, 0.15) is 62.4 Å². The van der Waals surface area contributed by atoms with Gasteiger partial charge >= 0.3 is 0 Å². The van der Waals surface area contributed by atoms with Crippen molar-refractivity contribution < 1.29 is 13.9 Å². The van der Waals surface area contributed by atoms with Crippen LogP contribution in [0.25, 0.3) is 10.9 Å². The van der Waals surface area contributed by atoms with E-state index < -0.39 is 12.5 Å². The molecule has 0 aliphatic heterocycles. The van der Waals surface area contributed by atoms with Crippen molar-refractivity contribution >= 4 is 22.4 Å². The maximum Gasteiger partial charge on any atom is 0.268 e. The standard InChI is InChI=1S/C24H27F2N5O2/c1-2-5-17-12-19-20(24(33)29-17)23(30-31(19)18-7-4-3-6-15(18)13-27)28-16-10-8-14(9-11-16)21(32)22(25)26/h8-12,15,18,21-22,32H,2-7H2,1H3,(H,28,30)(H,29,33). The fourth-order valence-corrected chi connectivity index (χ4v) is 4.56. The van der Waals surface area contributed by atoms with Crippen molar-refractivity contribution in [2.24, 2.45) is 5.92 Å². The summed E-state index contributed by atoms with van der Waals surface area (Å²) in [6.45, 7) is 2.04. The molecule has 0 radical (unpaired) electrons. The van der Waals surface area contributed by atoms with Crippen molar-refractivity contribution in [3.63, 3.8) is 0 Å². The average molecular weight is 456 g/mol. The molecule has 9 heteroatoms. The van der Waals surface area contributed by atoms with Gasteiger partial charge in [-0.3, -0.25) is 9.48 Å². The predicted octanol–water partition coefficient (Wildman–Crippen LogP) is 4.97. The van der Waals surface area contributed by atoms with E-state index in [2.05, 4.69) is 16.4 Å². The minimum absolute atomic E-state index is 0.104. The lowest BCUT2D eigenvalue weighted by Crippen LogP contribution is -2.23. The number of aliphatic hydroxyl groups excluding tert-OH is 1. The van der Waals surface area contributed by atoms with Crippen molar-refractivity contribution in [2.75, 3.05) is 5.32 Å². The number of anilines is 2. The lowest BCUT2D eigenvalue weighted by atomic mass is 9.85. The molecule has 0 saturated heterocycles. The maximum atomic E-state index is 13.0. The molecule has 1 aromatic carbocycles. The van der Waals surface area contributed by atoms with Gasteiger partial charge in [-0.05, 0) is 43.0 Å². The molecule has 0 amide bonds. The second-order valence-electron chi connectivity index (χ2n) is 8.54. The van der Waals surface area contributed by atoms with Crippen LogP contribution in [0.4, 0.5) is 20.3 Å². The van der Waals surface area contributed by atoms with Gasteiger partial charge in [0.1, 0.15) is 11.5 Å². The molecule has 174 valence electrons. The molecular weight excluding hydrogens is 428 g/mol. The van der Waals surface area contributed by atoms with Crippen molar-refractivity contribution in [1.29, 1.82) is 5.26 Å². The first-order valence-electron chi connectivity index (χ1n) is 11.3. The number of pyridine rings is 1. The predicted molar refractivity (Wildman–Crippen MR) is 122 cm³/mol. The topological polar surface area (TPSA) is 107 Å². The molecule has 1 aliphatic carbocycles. The Morgan fingerprint density at radius 1 is 1.30 bits per heavy atom. The highest BCUT2D eigenvalue weighted by molar-refractivity contribution is 5.91. The summed E-state index contributed by atoms with van der Waals surface area (Å²) >= 11 is 0. The van der Waals surface area contributed by atoms with E-state index in [0.717, 1.165) is 44.2 Å². The van der Waals surface area contributed by atoms with E-state index in [1.807, 2.05) is 17.7 Å². The summed E-state index contributed by atoms with van der Waals surface area (Å²) in [5, 5.41) is 27.5. The third kappa shape index (κ3) is 4.62. The number of nitriles is 1. The van der Waals surface area contributed by atoms with Crippen LogP contribution < -0.4 is 10.9 Å². The van der Waals surface area contributed by atoms with Gasteiger partial charge in [0.25, 0.3) is 12.0 Å². The monoisotopic (exact) mass is 455 g/mol. The molecule has 0 spiro atoms. The normalized spacial score (nSPS) is 19.5. The number of aromatic nitrogens is 3. The number of alkyl halides is 2. The fraction of sp³-hybridized carbons (Fsp3) is 0.458. The van der Waals surface area contributed by atoms with Crippen LogP contribution in [0.5, 0.6) is 0 Å². The molecule has 1 fully saturated rings. The van der Waals surface area contributed by atoms with E-state index in [4.69, 9.17) is 5.10 Å². The summed E-state index contributed by atoms with van der Waals surface area (Å²) in [5.74, 6) is 0.164. The Bertz CT molecular complexity index is 1210. The van der Waals surface area contributed by atoms with E-state index in [0.29, 0.717) is 22.4 Å². The van der Waals surface area contributed by atoms with Gasteiger partial charge in [0.2, 0.25) is 0 Å². The van der Waals surface area contributed by atoms with Gasteiger partial charge in [0.15, 0.2) is 5.82 Å². The Hall–Kier alpha value is -3.25. The third-order valence-electron chi connectivity index (χ3n) is 6.24. The number of aromatic amines is 1. The van der Waals surface area contributed by atoms with E-state index >= 15 is 0 Å². The number of halogens is 2. The van der Waals surface area contributed by atoms with Gasteiger partial charge in [-0.25, -0.2) is 8.78 Å². The number of benzene rings is 1. The molecule has 3 atom stereocenters. The lowest BCUT2D eigenvalue weighted by Gasteiger charge is -2.27. The molecule has 33 heavy (non-hydrogen) atoms. The molecule has 3 N–H and O–H groups in total. The van der Waals surface area contributed by atoms with Crippen molar-refractivity contribution in [3.8, 4) is 6.07 Å². The van der Waals surface area contributed by atoms with Crippen LogP contribution in [-0.2, 0) is 6.42 Å². The van der Waals surface area contributed by atoms with Crippen LogP contribution >= 0.6 is 0 Å². The van der Waals surface area contributed by atoms with E-state index in [-0.39, 0.29) is 23.1 Å². The summed E-state index contributed by atoms with van der Waals surface area (Å²) in [4.78, 5) is 15.9. The smallest absolute Gasteiger partial charge is 0.268 e. The first-order chi connectivity index (χ1) is 15.9. The molecule has 7 nitrogen and oxygen atoms in total. The Balaban J connectivity index is 1.77. The summed E-state index contributed by atoms with van der Waals surface area (Å²) in [5.41, 5.74) is 1.88. The second-order valence-corrected chi connectivity index (χ2v) is 8.54. The van der Waals surface area contributed by atoms with Crippen LogP contribution in [0, 0.1) is 17.2 Å². The Morgan fingerprint density at radius 3 is 2.70 bits per heavy atom. The largest absolute Gasteiger partial charge is 0.382 e. The highest BCUT2D eigenvalue weighted by atomic mass is 19.3. The van der Waals surface area contributed by atoms with Gasteiger partial charge in [-0.1, -0.05) is 38.3 Å². The van der Waals surface area contributed by atoms with Gasteiger partial charge in [0, 0.05) is 11.4 Å². The molecule has 2 aromatic heterocycles. The number of aryl methyl sites for hydroxylation is 1. The summed E-state index contributed by atoms with van der Waals surface area (Å²) < 4.78 is 27.4. The third-order valence-corrected chi connectivity index (χ3v) is 6.24. The van der Waals surface area contributed by atoms with Crippen LogP contribution in [-0.4, -0.2) is 26.3 Å². The van der Waals surface area contributed by atoms with Crippen molar-refractivity contribution in [2.45, 2.75) is 64.0 Å². The number of hydrogen-bond acceptors (Lipinski definition) is 5. The van der Waals surface area contributed by atoms with Crippen LogP contribution in [0.2, 0.25) is 0 Å². The quantitative estimate of drug-likeness (QED) is 0.466. The number of H-pyrrole nitrogens is 1. The summed E-state index contributed by atoms with van der Waals surface area (Å²) in [7, 11) is 0. The molecule has 3 unspecified atom stereocenters. The number of nitrogens with zero attached hydrogens (tertiary/aromatic N) is 3. The zero-order valence-corrected chi connectivity index (χ0v) is 18.4. The van der Waals surface area contributed by atoms with E-state index in [9.17, 15) is 23.9 Å². The molecule has 3 aromatic rings. The SMILES string of the molecule is CCCc1cc2c(c(Nc3ccc(C(O)C(F)F)cc3)nn2C2CCCCC2C#N)c(=O)[nH]1. The molecule has 4 rings (SSSR count). The van der Waals surface area contributed by atoms with Gasteiger partial charge in [-0.15, -0.1) is 0 Å². The number of fused-ring (bicyclic) bond motifs is 1. The number of nitrogens with one attached hydrogen (secondary N) is 2. The van der Waals surface area contributed by atoms with Crippen molar-refractivity contribution in [1.82, 2.24) is 14.8 Å². The van der Waals surface area contributed by atoms with Gasteiger partial charge < -0.3 is 15.4 Å². The Kier molecular flexibility index (Phi) is 6.75. The maximum absolute atomic E-state index is 13.0. The molecular formula is C24H27F2N5O2. The van der Waals surface area contributed by atoms with Gasteiger partial charge in [-0.2, -0.15) is 10.4 Å².